The van der Waals surface area contributed by atoms with Crippen molar-refractivity contribution in [1.82, 2.24) is 0 Å². The summed E-state index contributed by atoms with van der Waals surface area (Å²) in [6, 6.07) is 12.8. The van der Waals surface area contributed by atoms with Gasteiger partial charge in [0.2, 0.25) is 0 Å². The number of allylic oxidation sites excluding steroid dienone is 2. The molecule has 4 heteroatoms. The third-order valence-corrected chi connectivity index (χ3v) is 6.11. The lowest BCUT2D eigenvalue weighted by atomic mass is 9.68. The molecule has 2 aliphatic rings. The highest BCUT2D eigenvalue weighted by atomic mass is 32.1. The van der Waals surface area contributed by atoms with Crippen molar-refractivity contribution >= 4 is 17.0 Å². The zero-order valence-electron chi connectivity index (χ0n) is 13.3. The molecule has 1 N–H and O–H groups in total. The Morgan fingerprint density at radius 2 is 1.92 bits per heavy atom. The van der Waals surface area contributed by atoms with Gasteiger partial charge in [-0.3, -0.25) is 0 Å². The standard InChI is InChI=1S/C20H17N3S/c21-9-6-19-20(7-2-1-3-8-20)17-11-14(4-5-18(17)23-19)15-10-16(12-22)24-13-15/h4-6,10-11,13,23H,1-3,7-8H2. The summed E-state index contributed by atoms with van der Waals surface area (Å²) in [6.45, 7) is 0. The molecule has 1 aromatic heterocycles. The minimum Gasteiger partial charge on any atom is -0.357 e. The van der Waals surface area contributed by atoms with Crippen LogP contribution in [-0.4, -0.2) is 0 Å². The quantitative estimate of drug-likeness (QED) is 0.719. The van der Waals surface area contributed by atoms with Gasteiger partial charge in [-0.15, -0.1) is 11.3 Å². The van der Waals surface area contributed by atoms with Gasteiger partial charge < -0.3 is 5.32 Å². The highest BCUT2D eigenvalue weighted by molar-refractivity contribution is 7.10. The van der Waals surface area contributed by atoms with Gasteiger partial charge in [-0.05, 0) is 53.1 Å². The summed E-state index contributed by atoms with van der Waals surface area (Å²) in [5.74, 6) is 0. The van der Waals surface area contributed by atoms with Gasteiger partial charge in [-0.25, -0.2) is 0 Å². The number of fused-ring (bicyclic) bond motifs is 2. The Morgan fingerprint density at radius 1 is 1.08 bits per heavy atom. The maximum absolute atomic E-state index is 9.19. The number of nitrogens with zero attached hydrogens (tertiary/aromatic N) is 2. The Balaban J connectivity index is 1.83. The van der Waals surface area contributed by atoms with Crippen molar-refractivity contribution in [3.05, 3.63) is 51.9 Å². The molecule has 2 heterocycles. The minimum absolute atomic E-state index is 0.0343. The van der Waals surface area contributed by atoms with E-state index in [1.807, 2.05) is 11.4 Å². The molecule has 0 radical (unpaired) electrons. The summed E-state index contributed by atoms with van der Waals surface area (Å²) >= 11 is 1.48. The number of nitriles is 2. The first-order chi connectivity index (χ1) is 11.8. The molecule has 1 saturated carbocycles. The van der Waals surface area contributed by atoms with Crippen LogP contribution < -0.4 is 5.32 Å². The normalized spacial score (nSPS) is 19.5. The van der Waals surface area contributed by atoms with Gasteiger partial charge >= 0.3 is 0 Å². The number of hydrogen-bond acceptors (Lipinski definition) is 4. The van der Waals surface area contributed by atoms with Gasteiger partial charge in [-0.2, -0.15) is 10.5 Å². The van der Waals surface area contributed by atoms with Crippen molar-refractivity contribution in [2.75, 3.05) is 5.32 Å². The lowest BCUT2D eigenvalue weighted by Gasteiger charge is -2.34. The minimum atomic E-state index is -0.0343. The molecular formula is C20H17N3S. The van der Waals surface area contributed by atoms with Crippen LogP contribution in [0, 0.1) is 22.7 Å². The first-order valence-corrected chi connectivity index (χ1v) is 9.16. The fraction of sp³-hybridized carbons (Fsp3) is 0.300. The smallest absolute Gasteiger partial charge is 0.110 e. The molecule has 0 atom stereocenters. The summed E-state index contributed by atoms with van der Waals surface area (Å²) in [5, 5.41) is 23.8. The molecule has 24 heavy (non-hydrogen) atoms. The Labute approximate surface area is 145 Å². The van der Waals surface area contributed by atoms with Crippen LogP contribution >= 0.6 is 11.3 Å². The number of benzene rings is 1. The van der Waals surface area contributed by atoms with E-state index < -0.39 is 0 Å². The van der Waals surface area contributed by atoms with Gasteiger partial charge in [0, 0.05) is 22.9 Å². The van der Waals surface area contributed by atoms with Crippen molar-refractivity contribution in [2.45, 2.75) is 37.5 Å². The van der Waals surface area contributed by atoms with Crippen LogP contribution in [0.3, 0.4) is 0 Å². The van der Waals surface area contributed by atoms with Gasteiger partial charge in [0.1, 0.15) is 10.9 Å². The van der Waals surface area contributed by atoms with Crippen LogP contribution in [0.5, 0.6) is 0 Å². The van der Waals surface area contributed by atoms with Crippen molar-refractivity contribution in [3.63, 3.8) is 0 Å². The van der Waals surface area contributed by atoms with Gasteiger partial charge in [0.15, 0.2) is 0 Å². The fourth-order valence-electron chi connectivity index (χ4n) is 4.12. The molecule has 0 amide bonds. The van der Waals surface area contributed by atoms with E-state index in [1.165, 1.54) is 36.2 Å². The highest BCUT2D eigenvalue weighted by Crippen LogP contribution is 2.53. The molecule has 1 fully saturated rings. The first-order valence-electron chi connectivity index (χ1n) is 8.28. The van der Waals surface area contributed by atoms with Crippen LogP contribution in [0.25, 0.3) is 11.1 Å². The Morgan fingerprint density at radius 3 is 2.62 bits per heavy atom. The van der Waals surface area contributed by atoms with Crippen LogP contribution in [0.4, 0.5) is 5.69 Å². The molecule has 1 aliphatic heterocycles. The lowest BCUT2D eigenvalue weighted by molar-refractivity contribution is 0.350. The molecule has 3 nitrogen and oxygen atoms in total. The number of nitrogens with one attached hydrogen (secondary N) is 1. The summed E-state index contributed by atoms with van der Waals surface area (Å²) in [5.41, 5.74) is 5.70. The predicted molar refractivity (Wildman–Crippen MR) is 96.6 cm³/mol. The first kappa shape index (κ1) is 15.0. The molecular weight excluding hydrogens is 314 g/mol. The molecule has 2 aromatic rings. The lowest BCUT2D eigenvalue weighted by Crippen LogP contribution is -2.29. The second kappa shape index (κ2) is 5.82. The summed E-state index contributed by atoms with van der Waals surface area (Å²) in [6.07, 6.45) is 7.54. The predicted octanol–water partition coefficient (Wildman–Crippen LogP) is 5.32. The number of anilines is 1. The SMILES string of the molecule is N#CC=C1Nc2ccc(-c3csc(C#N)c3)cc2C12CCCCC2. The molecule has 0 unspecified atom stereocenters. The van der Waals surface area contributed by atoms with Crippen LogP contribution in [0.1, 0.15) is 42.5 Å². The van der Waals surface area contributed by atoms with Crippen molar-refractivity contribution in [1.29, 1.82) is 10.5 Å². The van der Waals surface area contributed by atoms with Gasteiger partial charge in [-0.1, -0.05) is 25.3 Å². The zero-order valence-corrected chi connectivity index (χ0v) is 14.1. The van der Waals surface area contributed by atoms with E-state index in [4.69, 9.17) is 5.26 Å². The Hall–Kier alpha value is -2.56. The van der Waals surface area contributed by atoms with E-state index in [2.05, 4.69) is 35.7 Å². The number of rotatable bonds is 1. The third-order valence-electron chi connectivity index (χ3n) is 5.28. The topological polar surface area (TPSA) is 59.6 Å². The maximum atomic E-state index is 9.19. The van der Waals surface area contributed by atoms with E-state index >= 15 is 0 Å². The molecule has 1 aliphatic carbocycles. The van der Waals surface area contributed by atoms with Crippen molar-refractivity contribution < 1.29 is 0 Å². The van der Waals surface area contributed by atoms with E-state index in [9.17, 15) is 5.26 Å². The number of hydrogen-bond donors (Lipinski definition) is 1. The molecule has 4 rings (SSSR count). The third kappa shape index (κ3) is 2.23. The van der Waals surface area contributed by atoms with Gasteiger partial charge in [0.25, 0.3) is 0 Å². The summed E-state index contributed by atoms with van der Waals surface area (Å²) in [4.78, 5) is 0.737. The molecule has 0 saturated heterocycles. The van der Waals surface area contributed by atoms with Gasteiger partial charge in [0.05, 0.1) is 6.07 Å². The zero-order chi connectivity index (χ0) is 16.6. The second-order valence-corrected chi connectivity index (χ2v) is 7.44. The second-order valence-electron chi connectivity index (χ2n) is 6.53. The fourth-order valence-corrected chi connectivity index (χ4v) is 4.82. The van der Waals surface area contributed by atoms with Crippen molar-refractivity contribution in [2.24, 2.45) is 0 Å². The van der Waals surface area contributed by atoms with Crippen molar-refractivity contribution in [3.8, 4) is 23.3 Å². The van der Waals surface area contributed by atoms with E-state index in [1.54, 1.807) is 6.08 Å². The average molecular weight is 331 g/mol. The largest absolute Gasteiger partial charge is 0.357 e. The van der Waals surface area contributed by atoms with E-state index in [0.29, 0.717) is 0 Å². The highest BCUT2D eigenvalue weighted by Gasteiger charge is 2.43. The number of thiophene rings is 1. The van der Waals surface area contributed by atoms with E-state index in [-0.39, 0.29) is 5.41 Å². The summed E-state index contributed by atoms with van der Waals surface area (Å²) < 4.78 is 0. The molecule has 1 spiro atoms. The van der Waals surface area contributed by atoms with E-state index in [0.717, 1.165) is 40.2 Å². The van der Waals surface area contributed by atoms with Crippen LogP contribution in [0.15, 0.2) is 41.4 Å². The molecule has 118 valence electrons. The molecule has 1 aromatic carbocycles. The maximum Gasteiger partial charge on any atom is 0.110 e. The summed E-state index contributed by atoms with van der Waals surface area (Å²) in [7, 11) is 0. The monoisotopic (exact) mass is 331 g/mol. The average Bonchev–Trinajstić information content (AvgIpc) is 3.20. The van der Waals surface area contributed by atoms with Crippen LogP contribution in [0.2, 0.25) is 0 Å². The Kier molecular flexibility index (Phi) is 3.63. The van der Waals surface area contributed by atoms with Crippen LogP contribution in [-0.2, 0) is 5.41 Å². The molecule has 0 bridgehead atoms. The Bertz CT molecular complexity index is 902.